The molecule has 1 N–H and O–H groups in total. The number of nitrogens with zero attached hydrogens (tertiary/aromatic N) is 1. The summed E-state index contributed by atoms with van der Waals surface area (Å²) in [5.41, 5.74) is 0. The molecule has 0 aromatic heterocycles. The van der Waals surface area contributed by atoms with E-state index in [0.717, 1.165) is 10.9 Å². The molecular weight excluding hydrogens is 350 g/mol. The van der Waals surface area contributed by atoms with E-state index in [2.05, 4.69) is 21.0 Å². The van der Waals surface area contributed by atoms with Crippen LogP contribution in [0.25, 0.3) is 0 Å². The lowest BCUT2D eigenvalue weighted by Gasteiger charge is -2.42. The first-order chi connectivity index (χ1) is 10.6. The van der Waals surface area contributed by atoms with Gasteiger partial charge in [0, 0.05) is 6.42 Å². The molecule has 2 nitrogen and oxygen atoms in total. The van der Waals surface area contributed by atoms with Crippen LogP contribution in [0.15, 0.2) is 0 Å². The Labute approximate surface area is 156 Å². The third-order valence-corrected chi connectivity index (χ3v) is 5.68. The summed E-state index contributed by atoms with van der Waals surface area (Å²) in [6.45, 7) is 3.52. The highest BCUT2D eigenvalue weighted by molar-refractivity contribution is 4.75. The maximum atomic E-state index is 10.3. The summed E-state index contributed by atoms with van der Waals surface area (Å²) in [7, 11) is 4.65. The maximum absolute atomic E-state index is 10.3. The molecule has 1 aliphatic rings. The lowest BCUT2D eigenvalue weighted by Crippen LogP contribution is -3.00. The Morgan fingerprint density at radius 3 is 1.78 bits per heavy atom. The second-order valence-electron chi connectivity index (χ2n) is 8.10. The van der Waals surface area contributed by atoms with E-state index in [9.17, 15) is 5.11 Å². The Bertz CT molecular complexity index is 270. The van der Waals surface area contributed by atoms with Crippen LogP contribution in [0.3, 0.4) is 0 Å². The molecule has 0 saturated heterocycles. The molecule has 1 saturated carbocycles. The zero-order chi connectivity index (χ0) is 16.3. The van der Waals surface area contributed by atoms with Gasteiger partial charge in [-0.1, -0.05) is 64.7 Å². The summed E-state index contributed by atoms with van der Waals surface area (Å²) < 4.78 is 1.03. The molecule has 1 aliphatic carbocycles. The average molecular weight is 392 g/mol. The first kappa shape index (κ1) is 23.4. The van der Waals surface area contributed by atoms with Gasteiger partial charge in [-0.05, 0) is 25.7 Å². The van der Waals surface area contributed by atoms with Crippen LogP contribution in [0.2, 0.25) is 0 Å². The fourth-order valence-electron chi connectivity index (χ4n) is 4.08. The monoisotopic (exact) mass is 391 g/mol. The Kier molecular flexibility index (Phi) is 13.9. The van der Waals surface area contributed by atoms with Crippen LogP contribution in [0.1, 0.15) is 96.8 Å². The number of hydrogen-bond donors (Lipinski definition) is 1. The van der Waals surface area contributed by atoms with Crippen molar-refractivity contribution in [2.45, 2.75) is 109 Å². The molecule has 2 atom stereocenters. The Morgan fingerprint density at radius 1 is 0.783 bits per heavy atom. The van der Waals surface area contributed by atoms with Crippen molar-refractivity contribution in [3.8, 4) is 0 Å². The average Bonchev–Trinajstić information content (AvgIpc) is 2.49. The highest BCUT2D eigenvalue weighted by Crippen LogP contribution is 2.26. The summed E-state index contributed by atoms with van der Waals surface area (Å²) in [5, 5.41) is 10.3. The number of likely N-dealkylation sites (N-methyl/N-ethyl adjacent to an activating group) is 1. The normalized spacial score (nSPS) is 21.9. The summed E-state index contributed by atoms with van der Waals surface area (Å²) >= 11 is 0. The molecule has 0 bridgehead atoms. The number of hydrogen-bond acceptors (Lipinski definition) is 1. The minimum absolute atomic E-state index is 0. The zero-order valence-corrected chi connectivity index (χ0v) is 17.6. The van der Waals surface area contributed by atoms with E-state index in [4.69, 9.17) is 0 Å². The van der Waals surface area contributed by atoms with Crippen LogP contribution in [0.4, 0.5) is 0 Å². The molecule has 0 aliphatic heterocycles. The molecule has 1 rings (SSSR count). The van der Waals surface area contributed by atoms with Gasteiger partial charge >= 0.3 is 0 Å². The van der Waals surface area contributed by atoms with Gasteiger partial charge in [-0.2, -0.15) is 0 Å². The number of unbranched alkanes of at least 4 members (excludes halogenated alkanes) is 9. The van der Waals surface area contributed by atoms with Crippen LogP contribution in [0, 0.1) is 0 Å². The fourth-order valence-corrected chi connectivity index (χ4v) is 4.08. The van der Waals surface area contributed by atoms with Gasteiger partial charge in [-0.3, -0.25) is 0 Å². The van der Waals surface area contributed by atoms with Gasteiger partial charge in [-0.25, -0.2) is 0 Å². The molecule has 0 heterocycles. The lowest BCUT2D eigenvalue weighted by atomic mass is 9.90. The van der Waals surface area contributed by atoms with Crippen molar-refractivity contribution in [3.63, 3.8) is 0 Å². The molecule has 0 aromatic carbocycles. The Hall–Kier alpha value is 0.400. The highest BCUT2D eigenvalue weighted by atomic mass is 79.9. The smallest absolute Gasteiger partial charge is 0.115 e. The van der Waals surface area contributed by atoms with Gasteiger partial charge < -0.3 is 26.6 Å². The number of aliphatic hydroxyl groups is 1. The topological polar surface area (TPSA) is 20.2 Å². The molecule has 0 aromatic rings. The predicted octanol–water partition coefficient (Wildman–Crippen LogP) is 2.29. The van der Waals surface area contributed by atoms with Gasteiger partial charge in [0.15, 0.2) is 0 Å². The second kappa shape index (κ2) is 13.7. The van der Waals surface area contributed by atoms with Crippen molar-refractivity contribution in [1.29, 1.82) is 0 Å². The van der Waals surface area contributed by atoms with E-state index in [1.54, 1.807) is 0 Å². The minimum Gasteiger partial charge on any atom is -1.00 e. The SMILES string of the molecule is CCCCCCCCCCCC[N+](C)(C)C1CCCCC1O.[Br-]. The van der Waals surface area contributed by atoms with Crippen molar-refractivity contribution < 1.29 is 26.6 Å². The molecular formula is C20H42BrNO. The van der Waals surface area contributed by atoms with Crippen LogP contribution >= 0.6 is 0 Å². The van der Waals surface area contributed by atoms with Gasteiger partial charge in [0.05, 0.1) is 20.6 Å². The van der Waals surface area contributed by atoms with E-state index in [1.165, 1.54) is 90.0 Å². The summed E-state index contributed by atoms with van der Waals surface area (Å²) in [4.78, 5) is 0. The summed E-state index contributed by atoms with van der Waals surface area (Å²) in [6.07, 6.45) is 18.7. The number of halogens is 1. The number of rotatable bonds is 12. The minimum atomic E-state index is -0.0631. The van der Waals surface area contributed by atoms with Gasteiger partial charge in [0.1, 0.15) is 12.1 Å². The van der Waals surface area contributed by atoms with Crippen molar-refractivity contribution >= 4 is 0 Å². The van der Waals surface area contributed by atoms with E-state index in [-0.39, 0.29) is 23.1 Å². The zero-order valence-electron chi connectivity index (χ0n) is 16.0. The molecule has 0 amide bonds. The molecule has 0 spiro atoms. The molecule has 140 valence electrons. The second-order valence-corrected chi connectivity index (χ2v) is 8.10. The van der Waals surface area contributed by atoms with E-state index >= 15 is 0 Å². The standard InChI is InChI=1S/C20H42NO.BrH/c1-4-5-6-7-8-9-10-11-12-15-18-21(2,3)19-16-13-14-17-20(19)22;/h19-20,22H,4-18H2,1-3H3;1H/q+1;/p-1. The quantitative estimate of drug-likeness (QED) is 0.399. The first-order valence-corrected chi connectivity index (χ1v) is 10.1. The van der Waals surface area contributed by atoms with Gasteiger partial charge in [0.25, 0.3) is 0 Å². The molecule has 23 heavy (non-hydrogen) atoms. The molecule has 1 fully saturated rings. The number of quaternary nitrogens is 1. The van der Waals surface area contributed by atoms with Crippen LogP contribution in [-0.2, 0) is 0 Å². The van der Waals surface area contributed by atoms with Crippen LogP contribution in [-0.4, -0.2) is 42.4 Å². The molecule has 0 radical (unpaired) electrons. The Balaban J connectivity index is 0.00000484. The summed E-state index contributed by atoms with van der Waals surface area (Å²) in [5.74, 6) is 0. The lowest BCUT2D eigenvalue weighted by molar-refractivity contribution is -0.920. The van der Waals surface area contributed by atoms with Crippen molar-refractivity contribution in [2.75, 3.05) is 20.6 Å². The van der Waals surface area contributed by atoms with E-state index in [0.29, 0.717) is 6.04 Å². The van der Waals surface area contributed by atoms with E-state index < -0.39 is 0 Å². The predicted molar refractivity (Wildman–Crippen MR) is 97.1 cm³/mol. The fraction of sp³-hybridized carbons (Fsp3) is 1.00. The molecule has 2 unspecified atom stereocenters. The van der Waals surface area contributed by atoms with Gasteiger partial charge in [0.2, 0.25) is 0 Å². The van der Waals surface area contributed by atoms with Gasteiger partial charge in [-0.15, -0.1) is 0 Å². The summed E-state index contributed by atoms with van der Waals surface area (Å²) in [6, 6.07) is 0.479. The third kappa shape index (κ3) is 10.1. The first-order valence-electron chi connectivity index (χ1n) is 10.1. The third-order valence-electron chi connectivity index (χ3n) is 5.68. The van der Waals surface area contributed by atoms with Crippen LogP contribution in [0.5, 0.6) is 0 Å². The van der Waals surface area contributed by atoms with Crippen molar-refractivity contribution in [2.24, 2.45) is 0 Å². The Morgan fingerprint density at radius 2 is 1.26 bits per heavy atom. The van der Waals surface area contributed by atoms with E-state index in [1.807, 2.05) is 0 Å². The molecule has 3 heteroatoms. The largest absolute Gasteiger partial charge is 1.00 e. The van der Waals surface area contributed by atoms with Crippen molar-refractivity contribution in [1.82, 2.24) is 0 Å². The number of aliphatic hydroxyl groups excluding tert-OH is 1. The highest BCUT2D eigenvalue weighted by Gasteiger charge is 2.35. The van der Waals surface area contributed by atoms with Crippen molar-refractivity contribution in [3.05, 3.63) is 0 Å². The maximum Gasteiger partial charge on any atom is 0.115 e. The van der Waals surface area contributed by atoms with Crippen LogP contribution < -0.4 is 17.0 Å².